The molecule has 1 atom stereocenters. The third-order valence-corrected chi connectivity index (χ3v) is 4.02. The molecule has 100 valence electrons. The third-order valence-electron chi connectivity index (χ3n) is 4.02. The molecular weight excluding hydrogens is 224 g/mol. The molecule has 0 aromatic carbocycles. The van der Waals surface area contributed by atoms with Gasteiger partial charge in [0, 0.05) is 23.0 Å². The average molecular weight is 248 g/mol. The van der Waals surface area contributed by atoms with E-state index in [1.807, 2.05) is 19.9 Å². The fourth-order valence-electron chi connectivity index (χ4n) is 3.01. The molecule has 0 spiro atoms. The second-order valence-corrected chi connectivity index (χ2v) is 5.44. The Balaban J connectivity index is 2.04. The third kappa shape index (κ3) is 2.83. The number of hydrogen-bond donors (Lipinski definition) is 1. The number of nitrogens with one attached hydrogen (secondary N) is 1. The molecule has 3 heteroatoms. The maximum absolute atomic E-state index is 12.3. The van der Waals surface area contributed by atoms with E-state index in [0.717, 1.165) is 29.9 Å². The first-order chi connectivity index (χ1) is 8.61. The first kappa shape index (κ1) is 13.3. The minimum absolute atomic E-state index is 0.261. The van der Waals surface area contributed by atoms with Crippen molar-refractivity contribution in [2.45, 2.75) is 52.5 Å². The highest BCUT2D eigenvalue weighted by Gasteiger charge is 2.24. The molecule has 1 N–H and O–H groups in total. The molecule has 0 bridgehead atoms. The molecule has 1 aliphatic heterocycles. The van der Waals surface area contributed by atoms with Crippen molar-refractivity contribution in [1.29, 1.82) is 0 Å². The van der Waals surface area contributed by atoms with Gasteiger partial charge >= 0.3 is 0 Å². The molecule has 0 saturated carbocycles. The molecule has 1 aliphatic rings. The molecule has 2 heterocycles. The van der Waals surface area contributed by atoms with Crippen LogP contribution in [0.1, 0.15) is 54.4 Å². The molecule has 0 amide bonds. The number of aromatic nitrogens is 1. The van der Waals surface area contributed by atoms with E-state index >= 15 is 0 Å². The monoisotopic (exact) mass is 248 g/mol. The zero-order valence-corrected chi connectivity index (χ0v) is 11.8. The Hall–Kier alpha value is -1.09. The SMILES string of the molecule is CCC1CCCCN1CC(=O)c1cc(C)[nH]c1C. The largest absolute Gasteiger partial charge is 0.362 e. The molecular formula is C15H24N2O. The summed E-state index contributed by atoms with van der Waals surface area (Å²) in [6, 6.07) is 2.57. The Morgan fingerprint density at radius 3 is 2.83 bits per heavy atom. The predicted molar refractivity (Wildman–Crippen MR) is 74.1 cm³/mol. The maximum Gasteiger partial charge on any atom is 0.178 e. The Kier molecular flexibility index (Phi) is 4.23. The van der Waals surface area contributed by atoms with E-state index in [2.05, 4.69) is 16.8 Å². The second kappa shape index (κ2) is 5.70. The number of aromatic amines is 1. The van der Waals surface area contributed by atoms with E-state index in [1.165, 1.54) is 19.3 Å². The van der Waals surface area contributed by atoms with Crippen LogP contribution in [0.25, 0.3) is 0 Å². The van der Waals surface area contributed by atoms with Gasteiger partial charge in [0.05, 0.1) is 6.54 Å². The summed E-state index contributed by atoms with van der Waals surface area (Å²) in [4.78, 5) is 17.9. The second-order valence-electron chi connectivity index (χ2n) is 5.44. The first-order valence-corrected chi connectivity index (χ1v) is 7.05. The number of likely N-dealkylation sites (tertiary alicyclic amines) is 1. The summed E-state index contributed by atoms with van der Waals surface area (Å²) < 4.78 is 0. The van der Waals surface area contributed by atoms with Crippen LogP contribution in [0.3, 0.4) is 0 Å². The molecule has 2 rings (SSSR count). The smallest absolute Gasteiger partial charge is 0.178 e. The standard InChI is InChI=1S/C15H24N2O/c1-4-13-7-5-6-8-17(13)10-15(18)14-9-11(2)16-12(14)3/h9,13,16H,4-8,10H2,1-3H3. The summed E-state index contributed by atoms with van der Waals surface area (Å²) in [5, 5.41) is 0. The van der Waals surface area contributed by atoms with Crippen molar-refractivity contribution >= 4 is 5.78 Å². The van der Waals surface area contributed by atoms with Crippen LogP contribution in [0.2, 0.25) is 0 Å². The Labute approximate surface area is 110 Å². The van der Waals surface area contributed by atoms with Crippen molar-refractivity contribution in [1.82, 2.24) is 9.88 Å². The molecule has 18 heavy (non-hydrogen) atoms. The topological polar surface area (TPSA) is 36.1 Å². The van der Waals surface area contributed by atoms with E-state index in [4.69, 9.17) is 0 Å². The lowest BCUT2D eigenvalue weighted by molar-refractivity contribution is 0.0838. The Morgan fingerprint density at radius 1 is 1.44 bits per heavy atom. The lowest BCUT2D eigenvalue weighted by Gasteiger charge is -2.34. The van der Waals surface area contributed by atoms with Gasteiger partial charge in [-0.15, -0.1) is 0 Å². The van der Waals surface area contributed by atoms with Crippen LogP contribution in [0.4, 0.5) is 0 Å². The van der Waals surface area contributed by atoms with Gasteiger partial charge in [0.15, 0.2) is 5.78 Å². The molecule has 1 unspecified atom stereocenters. The number of hydrogen-bond acceptors (Lipinski definition) is 2. The summed E-state index contributed by atoms with van der Waals surface area (Å²) in [6.07, 6.45) is 4.94. The van der Waals surface area contributed by atoms with Crippen molar-refractivity contribution in [3.8, 4) is 0 Å². The molecule has 1 aromatic rings. The van der Waals surface area contributed by atoms with Gasteiger partial charge in [0.25, 0.3) is 0 Å². The van der Waals surface area contributed by atoms with E-state index in [1.54, 1.807) is 0 Å². The number of H-pyrrole nitrogens is 1. The molecule has 1 fully saturated rings. The molecule has 3 nitrogen and oxygen atoms in total. The fraction of sp³-hybridized carbons (Fsp3) is 0.667. The Bertz CT molecular complexity index is 422. The number of rotatable bonds is 4. The number of carbonyl (C=O) groups excluding carboxylic acids is 1. The quantitative estimate of drug-likeness (QED) is 0.831. The molecule has 0 radical (unpaired) electrons. The van der Waals surface area contributed by atoms with E-state index < -0.39 is 0 Å². The van der Waals surface area contributed by atoms with Crippen LogP contribution in [-0.4, -0.2) is 34.8 Å². The molecule has 1 saturated heterocycles. The summed E-state index contributed by atoms with van der Waals surface area (Å²) in [5.41, 5.74) is 2.94. The number of piperidine rings is 1. The van der Waals surface area contributed by atoms with Gasteiger partial charge < -0.3 is 4.98 Å². The highest BCUT2D eigenvalue weighted by atomic mass is 16.1. The van der Waals surface area contributed by atoms with E-state index in [9.17, 15) is 4.79 Å². The summed E-state index contributed by atoms with van der Waals surface area (Å²) in [7, 11) is 0. The summed E-state index contributed by atoms with van der Waals surface area (Å²) in [5.74, 6) is 0.261. The zero-order valence-electron chi connectivity index (χ0n) is 11.8. The number of Topliss-reactive ketones (excluding diaryl/α,β-unsaturated/α-hetero) is 1. The van der Waals surface area contributed by atoms with Crippen LogP contribution < -0.4 is 0 Å². The van der Waals surface area contributed by atoms with Crippen molar-refractivity contribution in [3.63, 3.8) is 0 Å². The highest BCUT2D eigenvalue weighted by molar-refractivity contribution is 5.98. The van der Waals surface area contributed by atoms with E-state index in [-0.39, 0.29) is 5.78 Å². The number of nitrogens with zero attached hydrogens (tertiary/aromatic N) is 1. The van der Waals surface area contributed by atoms with Crippen LogP contribution in [0.5, 0.6) is 0 Å². The normalized spacial score (nSPS) is 21.2. The van der Waals surface area contributed by atoms with Crippen LogP contribution in [-0.2, 0) is 0 Å². The van der Waals surface area contributed by atoms with Gasteiger partial charge in [-0.05, 0) is 45.7 Å². The van der Waals surface area contributed by atoms with Gasteiger partial charge in [-0.1, -0.05) is 13.3 Å². The highest BCUT2D eigenvalue weighted by Crippen LogP contribution is 2.20. The van der Waals surface area contributed by atoms with Crippen LogP contribution >= 0.6 is 0 Å². The Morgan fingerprint density at radius 2 is 2.22 bits per heavy atom. The van der Waals surface area contributed by atoms with Gasteiger partial charge in [-0.25, -0.2) is 0 Å². The van der Waals surface area contributed by atoms with Crippen molar-refractivity contribution in [3.05, 3.63) is 23.0 Å². The summed E-state index contributed by atoms with van der Waals surface area (Å²) in [6.45, 7) is 7.86. The predicted octanol–water partition coefficient (Wildman–Crippen LogP) is 3.08. The van der Waals surface area contributed by atoms with Crippen LogP contribution in [0.15, 0.2) is 6.07 Å². The molecule has 1 aromatic heterocycles. The number of ketones is 1. The number of carbonyl (C=O) groups is 1. The van der Waals surface area contributed by atoms with Gasteiger partial charge in [0.1, 0.15) is 0 Å². The minimum Gasteiger partial charge on any atom is -0.362 e. The summed E-state index contributed by atoms with van der Waals surface area (Å²) >= 11 is 0. The van der Waals surface area contributed by atoms with Crippen molar-refractivity contribution in [2.24, 2.45) is 0 Å². The van der Waals surface area contributed by atoms with Crippen LogP contribution in [0, 0.1) is 13.8 Å². The van der Waals surface area contributed by atoms with Gasteiger partial charge in [0.2, 0.25) is 0 Å². The maximum atomic E-state index is 12.3. The van der Waals surface area contributed by atoms with Gasteiger partial charge in [-0.3, -0.25) is 9.69 Å². The van der Waals surface area contributed by atoms with Crippen molar-refractivity contribution < 1.29 is 4.79 Å². The number of aryl methyl sites for hydroxylation is 2. The molecule has 0 aliphatic carbocycles. The average Bonchev–Trinajstić information content (AvgIpc) is 2.69. The lowest BCUT2D eigenvalue weighted by Crippen LogP contribution is -2.42. The zero-order chi connectivity index (χ0) is 13.1. The van der Waals surface area contributed by atoms with E-state index in [0.29, 0.717) is 12.6 Å². The minimum atomic E-state index is 0.261. The van der Waals surface area contributed by atoms with Gasteiger partial charge in [-0.2, -0.15) is 0 Å². The van der Waals surface area contributed by atoms with Crippen molar-refractivity contribution in [2.75, 3.05) is 13.1 Å². The first-order valence-electron chi connectivity index (χ1n) is 7.05. The fourth-order valence-corrected chi connectivity index (χ4v) is 3.01. The lowest BCUT2D eigenvalue weighted by atomic mass is 9.99.